The lowest BCUT2D eigenvalue weighted by Gasteiger charge is -2.45. The summed E-state index contributed by atoms with van der Waals surface area (Å²) in [5, 5.41) is 0. The van der Waals surface area contributed by atoms with E-state index in [1.807, 2.05) is 19.1 Å². The van der Waals surface area contributed by atoms with Crippen LogP contribution in [0, 0.1) is 24.2 Å². The molecule has 4 atom stereocenters. The summed E-state index contributed by atoms with van der Waals surface area (Å²) in [6.45, 7) is 8.24. The van der Waals surface area contributed by atoms with Gasteiger partial charge in [0, 0.05) is 30.8 Å². The van der Waals surface area contributed by atoms with Gasteiger partial charge in [0.2, 0.25) is 0 Å². The first kappa shape index (κ1) is 22.7. The fourth-order valence-electron chi connectivity index (χ4n) is 4.89. The van der Waals surface area contributed by atoms with Crippen LogP contribution in [0.5, 0.6) is 0 Å². The van der Waals surface area contributed by atoms with E-state index in [1.54, 1.807) is 0 Å². The molecule has 4 rings (SSSR count). The van der Waals surface area contributed by atoms with E-state index in [0.717, 1.165) is 56.5 Å². The maximum Gasteiger partial charge on any atom is 0.172 e. The molecule has 3 aliphatic rings. The van der Waals surface area contributed by atoms with Gasteiger partial charge in [0.15, 0.2) is 12.1 Å². The molecule has 1 aromatic rings. The summed E-state index contributed by atoms with van der Waals surface area (Å²) in [7, 11) is 0. The molecule has 1 aliphatic carbocycles. The molecule has 2 aliphatic heterocycles. The molecule has 3 unspecified atom stereocenters. The number of hydrogen-bond acceptors (Lipinski definition) is 6. The van der Waals surface area contributed by atoms with Crippen LogP contribution in [0.15, 0.2) is 28.7 Å². The van der Waals surface area contributed by atoms with E-state index in [2.05, 4.69) is 26.0 Å². The van der Waals surface area contributed by atoms with Gasteiger partial charge >= 0.3 is 0 Å². The van der Waals surface area contributed by atoms with Gasteiger partial charge in [-0.1, -0.05) is 26.0 Å². The predicted octanol–water partition coefficient (Wildman–Crippen LogP) is 5.11. The first-order valence-electron chi connectivity index (χ1n) is 11.6. The number of furan rings is 1. The lowest BCUT2D eigenvalue weighted by atomic mass is 9.87. The molecule has 0 N–H and O–H groups in total. The maximum absolute atomic E-state index is 11.5. The Morgan fingerprint density at radius 3 is 2.65 bits per heavy atom. The van der Waals surface area contributed by atoms with Crippen molar-refractivity contribution < 1.29 is 28.2 Å². The standard InChI is InChI=1S/C25H36O6/c1-18-7-9-21(30-18)22(31-23-6-4-5-15-27-23)10-8-19-11-13-25(20(19)12-14-26)28-16-24(2,3)17-29-25/h7-10,14,19-20,22-23H,4-6,11-13,15-17H2,1-3H3/t19-,20?,22?,23?/m1/s1. The van der Waals surface area contributed by atoms with Gasteiger partial charge in [-0.3, -0.25) is 0 Å². The van der Waals surface area contributed by atoms with Gasteiger partial charge in [-0.15, -0.1) is 0 Å². The number of rotatable bonds is 7. The van der Waals surface area contributed by atoms with Gasteiger partial charge in [-0.25, -0.2) is 0 Å². The SMILES string of the molecule is Cc1ccc(C(C=C[C@@H]2CCC3(OCC(C)(C)CO3)C2CC=O)OC2CCCCO2)o1. The average molecular weight is 433 g/mol. The number of carbonyl (C=O) groups excluding carboxylic acids is 1. The van der Waals surface area contributed by atoms with Crippen LogP contribution in [0.4, 0.5) is 0 Å². The second-order valence-electron chi connectivity index (χ2n) is 9.95. The zero-order valence-electron chi connectivity index (χ0n) is 19.0. The predicted molar refractivity (Wildman–Crippen MR) is 115 cm³/mol. The summed E-state index contributed by atoms with van der Waals surface area (Å²) in [5.41, 5.74) is 0.000976. The molecule has 0 radical (unpaired) electrons. The highest BCUT2D eigenvalue weighted by Crippen LogP contribution is 2.49. The van der Waals surface area contributed by atoms with Crippen LogP contribution in [0.25, 0.3) is 0 Å². The molecule has 6 nitrogen and oxygen atoms in total. The molecule has 0 bridgehead atoms. The van der Waals surface area contributed by atoms with Crippen molar-refractivity contribution in [3.05, 3.63) is 35.8 Å². The maximum atomic E-state index is 11.5. The Morgan fingerprint density at radius 1 is 1.19 bits per heavy atom. The number of aldehydes is 1. The van der Waals surface area contributed by atoms with Gasteiger partial charge in [0.1, 0.15) is 23.9 Å². The zero-order valence-corrected chi connectivity index (χ0v) is 19.0. The smallest absolute Gasteiger partial charge is 0.172 e. The first-order chi connectivity index (χ1) is 14.9. The second-order valence-corrected chi connectivity index (χ2v) is 9.95. The largest absolute Gasteiger partial charge is 0.463 e. The summed E-state index contributed by atoms with van der Waals surface area (Å²) in [6, 6.07) is 3.91. The number of carbonyl (C=O) groups is 1. The average Bonchev–Trinajstić information content (AvgIpc) is 3.33. The van der Waals surface area contributed by atoms with Crippen molar-refractivity contribution in [3.63, 3.8) is 0 Å². The Hall–Kier alpha value is -1.47. The van der Waals surface area contributed by atoms with E-state index in [1.165, 1.54) is 0 Å². The van der Waals surface area contributed by atoms with E-state index in [9.17, 15) is 4.79 Å². The van der Waals surface area contributed by atoms with Gasteiger partial charge in [0.25, 0.3) is 0 Å². The van der Waals surface area contributed by atoms with Crippen molar-refractivity contribution in [2.75, 3.05) is 19.8 Å². The van der Waals surface area contributed by atoms with E-state index in [-0.39, 0.29) is 29.6 Å². The molecule has 172 valence electrons. The lowest BCUT2D eigenvalue weighted by Crippen LogP contribution is -2.50. The summed E-state index contributed by atoms with van der Waals surface area (Å²) < 4.78 is 30.5. The number of aryl methyl sites for hydroxylation is 1. The quantitative estimate of drug-likeness (QED) is 0.440. The van der Waals surface area contributed by atoms with Crippen LogP contribution in [0.1, 0.15) is 70.0 Å². The molecule has 1 aromatic heterocycles. The number of ether oxygens (including phenoxy) is 4. The van der Waals surface area contributed by atoms with Crippen LogP contribution in [-0.4, -0.2) is 38.2 Å². The Bertz CT molecular complexity index is 750. The summed E-state index contributed by atoms with van der Waals surface area (Å²) in [4.78, 5) is 11.5. The van der Waals surface area contributed by atoms with Crippen molar-refractivity contribution in [2.45, 2.75) is 77.5 Å². The topological polar surface area (TPSA) is 67.1 Å². The fourth-order valence-corrected chi connectivity index (χ4v) is 4.89. The van der Waals surface area contributed by atoms with Crippen LogP contribution in [0.3, 0.4) is 0 Å². The number of hydrogen-bond donors (Lipinski definition) is 0. The molecule has 0 amide bonds. The Kier molecular flexibility index (Phi) is 7.01. The van der Waals surface area contributed by atoms with E-state index < -0.39 is 5.79 Å². The molecule has 2 saturated heterocycles. The summed E-state index contributed by atoms with van der Waals surface area (Å²) >= 11 is 0. The van der Waals surface area contributed by atoms with Gasteiger partial charge in [-0.2, -0.15) is 0 Å². The van der Waals surface area contributed by atoms with Crippen molar-refractivity contribution in [1.29, 1.82) is 0 Å². The highest BCUT2D eigenvalue weighted by Gasteiger charge is 2.52. The first-order valence-corrected chi connectivity index (χ1v) is 11.6. The molecule has 31 heavy (non-hydrogen) atoms. The monoisotopic (exact) mass is 432 g/mol. The van der Waals surface area contributed by atoms with E-state index in [0.29, 0.717) is 19.6 Å². The van der Waals surface area contributed by atoms with Crippen LogP contribution in [0.2, 0.25) is 0 Å². The van der Waals surface area contributed by atoms with Crippen LogP contribution >= 0.6 is 0 Å². The molecular formula is C25H36O6. The van der Waals surface area contributed by atoms with Crippen molar-refractivity contribution >= 4 is 6.29 Å². The minimum absolute atomic E-state index is 0.000976. The van der Waals surface area contributed by atoms with Crippen molar-refractivity contribution in [2.24, 2.45) is 17.3 Å². The Morgan fingerprint density at radius 2 is 2.00 bits per heavy atom. The normalized spacial score (nSPS) is 31.3. The minimum Gasteiger partial charge on any atom is -0.463 e. The molecule has 6 heteroatoms. The Labute approximate surface area is 185 Å². The summed E-state index contributed by atoms with van der Waals surface area (Å²) in [6.07, 6.45) is 9.89. The third-order valence-electron chi connectivity index (χ3n) is 6.68. The zero-order chi connectivity index (χ0) is 21.9. The molecule has 0 aromatic carbocycles. The molecule has 3 heterocycles. The van der Waals surface area contributed by atoms with E-state index in [4.69, 9.17) is 23.4 Å². The molecular weight excluding hydrogens is 396 g/mol. The fraction of sp³-hybridized carbons (Fsp3) is 0.720. The second kappa shape index (κ2) is 9.57. The van der Waals surface area contributed by atoms with E-state index >= 15 is 0 Å². The highest BCUT2D eigenvalue weighted by molar-refractivity contribution is 5.50. The van der Waals surface area contributed by atoms with Crippen LogP contribution in [-0.2, 0) is 23.7 Å². The number of allylic oxidation sites excluding steroid dienone is 1. The highest BCUT2D eigenvalue weighted by atomic mass is 16.7. The van der Waals surface area contributed by atoms with Crippen molar-refractivity contribution in [3.8, 4) is 0 Å². The third kappa shape index (κ3) is 5.30. The van der Waals surface area contributed by atoms with Gasteiger partial charge in [-0.05, 0) is 50.7 Å². The lowest BCUT2D eigenvalue weighted by molar-refractivity contribution is -0.315. The summed E-state index contributed by atoms with van der Waals surface area (Å²) in [5.74, 6) is 1.15. The molecule has 1 saturated carbocycles. The third-order valence-corrected chi connectivity index (χ3v) is 6.68. The van der Waals surface area contributed by atoms with Gasteiger partial charge in [0.05, 0.1) is 13.2 Å². The van der Waals surface area contributed by atoms with Crippen molar-refractivity contribution in [1.82, 2.24) is 0 Å². The Balaban J connectivity index is 1.49. The molecule has 3 fully saturated rings. The molecule has 1 spiro atoms. The van der Waals surface area contributed by atoms with Crippen LogP contribution < -0.4 is 0 Å². The van der Waals surface area contributed by atoms with Gasteiger partial charge < -0.3 is 28.2 Å². The minimum atomic E-state index is -0.657.